The summed E-state index contributed by atoms with van der Waals surface area (Å²) in [5.41, 5.74) is 1.20. The molecule has 186 valence electrons. The van der Waals surface area contributed by atoms with E-state index in [1.165, 1.54) is 11.0 Å². The number of aliphatic hydroxyl groups is 1. The van der Waals surface area contributed by atoms with Gasteiger partial charge in [-0.2, -0.15) is 0 Å². The van der Waals surface area contributed by atoms with Crippen molar-refractivity contribution < 1.29 is 19.2 Å². The van der Waals surface area contributed by atoms with Gasteiger partial charge in [0.1, 0.15) is 0 Å². The molecule has 0 bridgehead atoms. The third-order valence-electron chi connectivity index (χ3n) is 6.05. The van der Waals surface area contributed by atoms with E-state index in [1.54, 1.807) is 12.1 Å². The number of likely N-dealkylation sites (tertiary alicyclic amines) is 1. The number of anilines is 1. The van der Waals surface area contributed by atoms with E-state index in [-0.39, 0.29) is 46.7 Å². The van der Waals surface area contributed by atoms with E-state index in [4.69, 9.17) is 0 Å². The number of aromatic hydroxyl groups is 1. The second kappa shape index (κ2) is 10.2. The standard InChI is InChI=1S/C25H31N5O4S/c1-25(2,3)21(16-9-5-4-6-10-16)27-23-22(28-35(34)29-23)26-19-13-7-12-18(20(19)32)24(33)30-14-8-11-17(31)15-30/h4-7,9-10,12-13,17,21,31-32H,8,11,14-15H2,1-3H3,(H,26,28)(H,27,29). The van der Waals surface area contributed by atoms with Crippen LogP contribution in [0.1, 0.15) is 55.6 Å². The monoisotopic (exact) mass is 497 g/mol. The molecule has 0 saturated carbocycles. The van der Waals surface area contributed by atoms with Crippen LogP contribution >= 0.6 is 0 Å². The molecule has 4 N–H and O–H groups in total. The van der Waals surface area contributed by atoms with Crippen LogP contribution in [-0.2, 0) is 11.2 Å². The number of para-hydroxylation sites is 1. The van der Waals surface area contributed by atoms with Gasteiger partial charge in [0.15, 0.2) is 17.4 Å². The summed E-state index contributed by atoms with van der Waals surface area (Å²) >= 11 is -1.82. The van der Waals surface area contributed by atoms with Gasteiger partial charge in [0.2, 0.25) is 0 Å². The van der Waals surface area contributed by atoms with Crippen LogP contribution in [0, 0.1) is 5.41 Å². The summed E-state index contributed by atoms with van der Waals surface area (Å²) in [5, 5.41) is 27.2. The van der Waals surface area contributed by atoms with E-state index >= 15 is 0 Å². The minimum atomic E-state index is -1.82. The summed E-state index contributed by atoms with van der Waals surface area (Å²) in [6.07, 6.45) is 0.794. The van der Waals surface area contributed by atoms with Gasteiger partial charge in [-0.3, -0.25) is 4.79 Å². The van der Waals surface area contributed by atoms with Gasteiger partial charge in [-0.1, -0.05) is 57.2 Å². The van der Waals surface area contributed by atoms with Crippen molar-refractivity contribution in [3.8, 4) is 5.75 Å². The van der Waals surface area contributed by atoms with E-state index in [0.29, 0.717) is 25.2 Å². The molecule has 2 heterocycles. The van der Waals surface area contributed by atoms with E-state index in [9.17, 15) is 19.2 Å². The number of carbonyl (C=O) groups excluding carboxylic acids is 1. The van der Waals surface area contributed by atoms with Crippen molar-refractivity contribution in [2.45, 2.75) is 45.8 Å². The highest BCUT2D eigenvalue weighted by Gasteiger charge is 2.31. The molecule has 2 aliphatic rings. The quantitative estimate of drug-likeness (QED) is 0.481. The predicted molar refractivity (Wildman–Crippen MR) is 138 cm³/mol. The Kier molecular flexibility index (Phi) is 7.23. The zero-order valence-corrected chi connectivity index (χ0v) is 20.9. The summed E-state index contributed by atoms with van der Waals surface area (Å²) in [6, 6.07) is 14.5. The van der Waals surface area contributed by atoms with Crippen molar-refractivity contribution in [1.82, 2.24) is 10.2 Å². The SMILES string of the molecule is CC(C)(C)C(NC1=NS(=O)N=C1Nc1cccc(C(=O)N2CCCC(O)C2)c1O)c1ccccc1. The molecule has 2 aromatic carbocycles. The molecule has 9 nitrogen and oxygen atoms in total. The number of benzene rings is 2. The average molecular weight is 498 g/mol. The topological polar surface area (TPSA) is 127 Å². The molecule has 0 aromatic heterocycles. The number of rotatable bonds is 4. The molecule has 10 heteroatoms. The molecule has 0 aliphatic carbocycles. The van der Waals surface area contributed by atoms with Crippen LogP contribution < -0.4 is 10.6 Å². The molecule has 3 unspecified atom stereocenters. The van der Waals surface area contributed by atoms with Gasteiger partial charge in [-0.25, -0.2) is 4.21 Å². The fourth-order valence-electron chi connectivity index (χ4n) is 4.28. The average Bonchev–Trinajstić information content (AvgIpc) is 3.17. The van der Waals surface area contributed by atoms with Crippen molar-refractivity contribution >= 4 is 34.4 Å². The summed E-state index contributed by atoms with van der Waals surface area (Å²) < 4.78 is 20.5. The number of carbonyl (C=O) groups is 1. The van der Waals surface area contributed by atoms with Gasteiger partial charge in [-0.15, -0.1) is 8.80 Å². The van der Waals surface area contributed by atoms with Crippen molar-refractivity contribution in [3.05, 3.63) is 59.7 Å². The highest BCUT2D eigenvalue weighted by Crippen LogP contribution is 2.34. The molecule has 35 heavy (non-hydrogen) atoms. The molecular formula is C25H31N5O4S. The molecule has 1 fully saturated rings. The molecule has 1 saturated heterocycles. The van der Waals surface area contributed by atoms with Crippen LogP contribution in [0.25, 0.3) is 0 Å². The Hall–Kier alpha value is -3.24. The lowest BCUT2D eigenvalue weighted by Crippen LogP contribution is -2.42. The van der Waals surface area contributed by atoms with Crippen molar-refractivity contribution in [2.24, 2.45) is 14.2 Å². The van der Waals surface area contributed by atoms with Crippen LogP contribution in [0.15, 0.2) is 57.3 Å². The Morgan fingerprint density at radius 1 is 1.11 bits per heavy atom. The number of nitrogens with one attached hydrogen (secondary N) is 2. The molecule has 2 aliphatic heterocycles. The third kappa shape index (κ3) is 5.71. The first-order chi connectivity index (χ1) is 16.6. The number of aliphatic hydroxyl groups excluding tert-OH is 1. The van der Waals surface area contributed by atoms with Gasteiger partial charge < -0.3 is 25.7 Å². The van der Waals surface area contributed by atoms with Gasteiger partial charge in [0.25, 0.3) is 17.1 Å². The van der Waals surface area contributed by atoms with Gasteiger partial charge >= 0.3 is 0 Å². The van der Waals surface area contributed by atoms with Crippen LogP contribution in [0.4, 0.5) is 5.69 Å². The van der Waals surface area contributed by atoms with Crippen LogP contribution in [0.3, 0.4) is 0 Å². The number of hydrogen-bond donors (Lipinski definition) is 4. The molecule has 0 spiro atoms. The fraction of sp³-hybridized carbons (Fsp3) is 0.400. The zero-order chi connectivity index (χ0) is 25.2. The first-order valence-corrected chi connectivity index (χ1v) is 12.7. The lowest BCUT2D eigenvalue weighted by molar-refractivity contribution is 0.0471. The Morgan fingerprint density at radius 2 is 1.83 bits per heavy atom. The normalized spacial score (nSPS) is 21.2. The summed E-state index contributed by atoms with van der Waals surface area (Å²) in [4.78, 5) is 14.5. The highest BCUT2D eigenvalue weighted by atomic mass is 32.2. The minimum Gasteiger partial charge on any atom is -0.505 e. The molecule has 1 amide bonds. The van der Waals surface area contributed by atoms with E-state index in [1.807, 2.05) is 30.3 Å². The van der Waals surface area contributed by atoms with E-state index in [2.05, 4.69) is 40.2 Å². The number of amides is 1. The zero-order valence-electron chi connectivity index (χ0n) is 20.1. The minimum absolute atomic E-state index is 0.118. The Bertz CT molecular complexity index is 1180. The maximum atomic E-state index is 13.0. The lowest BCUT2D eigenvalue weighted by atomic mass is 9.82. The van der Waals surface area contributed by atoms with Crippen LogP contribution in [0.5, 0.6) is 5.75 Å². The molecule has 3 atom stereocenters. The second-order valence-corrected chi connectivity index (χ2v) is 10.7. The highest BCUT2D eigenvalue weighted by molar-refractivity contribution is 7.83. The molecule has 0 radical (unpaired) electrons. The largest absolute Gasteiger partial charge is 0.505 e. The van der Waals surface area contributed by atoms with E-state index in [0.717, 1.165) is 5.56 Å². The van der Waals surface area contributed by atoms with E-state index < -0.39 is 17.3 Å². The molecule has 4 rings (SSSR count). The summed E-state index contributed by atoms with van der Waals surface area (Å²) in [7, 11) is 0. The maximum absolute atomic E-state index is 13.0. The first kappa shape index (κ1) is 24.9. The number of amidine groups is 2. The number of nitrogens with zero attached hydrogens (tertiary/aromatic N) is 3. The van der Waals surface area contributed by atoms with Gasteiger partial charge in [0.05, 0.1) is 23.4 Å². The first-order valence-electron chi connectivity index (χ1n) is 11.6. The third-order valence-corrected chi connectivity index (χ3v) is 6.72. The van der Waals surface area contributed by atoms with Crippen LogP contribution in [0.2, 0.25) is 0 Å². The number of piperidine rings is 1. The van der Waals surface area contributed by atoms with Gasteiger partial charge in [0, 0.05) is 13.1 Å². The summed E-state index contributed by atoms with van der Waals surface area (Å²) in [5.74, 6) is -0.0809. The van der Waals surface area contributed by atoms with Crippen molar-refractivity contribution in [3.63, 3.8) is 0 Å². The van der Waals surface area contributed by atoms with Crippen LogP contribution in [-0.4, -0.2) is 56.1 Å². The second-order valence-electron chi connectivity index (χ2n) is 9.84. The number of β-amino-alcohol motifs (C(OH)–C–C–N with tert-alkyl or cyclic N) is 1. The number of phenols is 1. The Morgan fingerprint density at radius 3 is 2.51 bits per heavy atom. The van der Waals surface area contributed by atoms with Crippen molar-refractivity contribution in [2.75, 3.05) is 18.4 Å². The summed E-state index contributed by atoms with van der Waals surface area (Å²) in [6.45, 7) is 7.02. The lowest BCUT2D eigenvalue weighted by Gasteiger charge is -2.32. The fourth-order valence-corrected chi connectivity index (χ4v) is 4.90. The molecule has 2 aromatic rings. The van der Waals surface area contributed by atoms with Gasteiger partial charge in [-0.05, 0) is 36.0 Å². The Balaban J connectivity index is 1.56. The van der Waals surface area contributed by atoms with Crippen molar-refractivity contribution in [1.29, 1.82) is 0 Å². The smallest absolute Gasteiger partial charge is 0.269 e. The predicted octanol–water partition coefficient (Wildman–Crippen LogP) is 3.17. The maximum Gasteiger partial charge on any atom is 0.269 e. The Labute approximate surface area is 207 Å². The molecular weight excluding hydrogens is 466 g/mol. The number of hydrogen-bond acceptors (Lipinski definition) is 6. The number of phenolic OH excluding ortho intramolecular Hbond substituents is 1.